The van der Waals surface area contributed by atoms with Gasteiger partial charge < -0.3 is 14.3 Å². The topological polar surface area (TPSA) is 42.6 Å². The van der Waals surface area contributed by atoms with Crippen molar-refractivity contribution in [2.75, 3.05) is 7.11 Å². The van der Waals surface area contributed by atoms with Crippen LogP contribution in [0.3, 0.4) is 0 Å². The normalized spacial score (nSPS) is 13.0. The highest BCUT2D eigenvalue weighted by Crippen LogP contribution is 2.32. The Bertz CT molecular complexity index is 497. The molecule has 0 aliphatic rings. The Morgan fingerprint density at radius 3 is 2.81 bits per heavy atom. The van der Waals surface area contributed by atoms with Crippen molar-refractivity contribution < 1.29 is 14.3 Å². The molecular formula is C13H16O3. The predicted molar refractivity (Wildman–Crippen MR) is 62.9 cm³/mol. The van der Waals surface area contributed by atoms with E-state index in [0.717, 1.165) is 28.0 Å². The van der Waals surface area contributed by atoms with Crippen LogP contribution in [0.15, 0.2) is 22.6 Å². The number of hydrogen-bond acceptors (Lipinski definition) is 3. The van der Waals surface area contributed by atoms with E-state index in [1.165, 1.54) is 0 Å². The first-order chi connectivity index (χ1) is 7.63. The quantitative estimate of drug-likeness (QED) is 0.864. The van der Waals surface area contributed by atoms with Gasteiger partial charge in [-0.25, -0.2) is 0 Å². The van der Waals surface area contributed by atoms with E-state index in [9.17, 15) is 5.11 Å². The Morgan fingerprint density at radius 1 is 1.44 bits per heavy atom. The number of aliphatic hydroxyl groups excluding tert-OH is 1. The van der Waals surface area contributed by atoms with E-state index < -0.39 is 0 Å². The van der Waals surface area contributed by atoms with E-state index in [-0.39, 0.29) is 6.10 Å². The molecule has 0 amide bonds. The van der Waals surface area contributed by atoms with Gasteiger partial charge in [0.15, 0.2) is 11.3 Å². The standard InChI is InChI=1S/C13H16O3/c1-8(14)7-11-9(2)16-13-10(11)5-4-6-12(13)15-3/h4-6,8,14H,7H2,1-3H3. The highest BCUT2D eigenvalue weighted by molar-refractivity contribution is 5.87. The summed E-state index contributed by atoms with van der Waals surface area (Å²) < 4.78 is 10.9. The lowest BCUT2D eigenvalue weighted by atomic mass is 10.0. The Hall–Kier alpha value is -1.48. The van der Waals surface area contributed by atoms with Crippen molar-refractivity contribution in [3.05, 3.63) is 29.5 Å². The van der Waals surface area contributed by atoms with Crippen LogP contribution in [-0.4, -0.2) is 18.3 Å². The molecule has 16 heavy (non-hydrogen) atoms. The molecule has 2 rings (SSSR count). The van der Waals surface area contributed by atoms with Crippen LogP contribution in [0.4, 0.5) is 0 Å². The molecule has 1 unspecified atom stereocenters. The first-order valence-corrected chi connectivity index (χ1v) is 5.36. The molecule has 3 nitrogen and oxygen atoms in total. The number of fused-ring (bicyclic) bond motifs is 1. The van der Waals surface area contributed by atoms with Crippen LogP contribution < -0.4 is 4.74 Å². The first kappa shape index (κ1) is 11.0. The molecule has 0 aliphatic heterocycles. The zero-order valence-electron chi connectivity index (χ0n) is 9.78. The summed E-state index contributed by atoms with van der Waals surface area (Å²) in [6.45, 7) is 3.69. The zero-order valence-corrected chi connectivity index (χ0v) is 9.78. The number of aliphatic hydroxyl groups is 1. The number of para-hydroxylation sites is 1. The summed E-state index contributed by atoms with van der Waals surface area (Å²) in [5, 5.41) is 10.5. The Kier molecular flexibility index (Phi) is 2.88. The lowest BCUT2D eigenvalue weighted by Crippen LogP contribution is -2.04. The van der Waals surface area contributed by atoms with E-state index in [2.05, 4.69) is 0 Å². The molecule has 0 spiro atoms. The minimum atomic E-state index is -0.370. The molecule has 3 heteroatoms. The summed E-state index contributed by atoms with van der Waals surface area (Å²) in [6, 6.07) is 5.80. The second-order valence-corrected chi connectivity index (χ2v) is 4.03. The summed E-state index contributed by atoms with van der Waals surface area (Å²) in [6.07, 6.45) is 0.233. The lowest BCUT2D eigenvalue weighted by Gasteiger charge is -2.03. The van der Waals surface area contributed by atoms with Gasteiger partial charge in [-0.3, -0.25) is 0 Å². The number of furan rings is 1. The monoisotopic (exact) mass is 220 g/mol. The molecule has 86 valence electrons. The van der Waals surface area contributed by atoms with Gasteiger partial charge in [-0.05, 0) is 19.9 Å². The van der Waals surface area contributed by atoms with E-state index in [1.54, 1.807) is 14.0 Å². The summed E-state index contributed by atoms with van der Waals surface area (Å²) >= 11 is 0. The molecule has 0 radical (unpaired) electrons. The van der Waals surface area contributed by atoms with Gasteiger partial charge in [-0.15, -0.1) is 0 Å². The molecule has 1 heterocycles. The van der Waals surface area contributed by atoms with E-state index in [1.807, 2.05) is 25.1 Å². The van der Waals surface area contributed by atoms with Crippen LogP contribution in [0.25, 0.3) is 11.0 Å². The predicted octanol–water partition coefficient (Wildman–Crippen LogP) is 2.67. The molecule has 1 atom stereocenters. The number of rotatable bonds is 3. The third-order valence-electron chi connectivity index (χ3n) is 2.70. The van der Waals surface area contributed by atoms with E-state index in [4.69, 9.17) is 9.15 Å². The molecule has 1 aromatic carbocycles. The smallest absolute Gasteiger partial charge is 0.176 e. The fraction of sp³-hybridized carbons (Fsp3) is 0.385. The maximum Gasteiger partial charge on any atom is 0.176 e. The minimum absolute atomic E-state index is 0.370. The van der Waals surface area contributed by atoms with Gasteiger partial charge in [0.25, 0.3) is 0 Å². The average molecular weight is 220 g/mol. The number of ether oxygens (including phenoxy) is 1. The molecule has 0 fully saturated rings. The average Bonchev–Trinajstić information content (AvgIpc) is 2.55. The number of benzene rings is 1. The fourth-order valence-electron chi connectivity index (χ4n) is 1.97. The summed E-state index contributed by atoms with van der Waals surface area (Å²) in [5.74, 6) is 1.58. The van der Waals surface area contributed by atoms with Gasteiger partial charge in [0.05, 0.1) is 13.2 Å². The van der Waals surface area contributed by atoms with Gasteiger partial charge in [0.2, 0.25) is 0 Å². The molecule has 1 N–H and O–H groups in total. The lowest BCUT2D eigenvalue weighted by molar-refractivity contribution is 0.195. The van der Waals surface area contributed by atoms with Gasteiger partial charge in [-0.2, -0.15) is 0 Å². The van der Waals surface area contributed by atoms with Gasteiger partial charge in [0, 0.05) is 17.4 Å². The van der Waals surface area contributed by atoms with Crippen molar-refractivity contribution in [1.82, 2.24) is 0 Å². The van der Waals surface area contributed by atoms with Crippen molar-refractivity contribution in [2.45, 2.75) is 26.4 Å². The van der Waals surface area contributed by atoms with Crippen molar-refractivity contribution in [3.8, 4) is 5.75 Å². The van der Waals surface area contributed by atoms with Gasteiger partial charge >= 0.3 is 0 Å². The van der Waals surface area contributed by atoms with E-state index in [0.29, 0.717) is 6.42 Å². The Balaban J connectivity index is 2.61. The largest absolute Gasteiger partial charge is 0.493 e. The molecular weight excluding hydrogens is 204 g/mol. The third kappa shape index (κ3) is 1.78. The minimum Gasteiger partial charge on any atom is -0.493 e. The highest BCUT2D eigenvalue weighted by atomic mass is 16.5. The van der Waals surface area contributed by atoms with Gasteiger partial charge in [0.1, 0.15) is 5.76 Å². The van der Waals surface area contributed by atoms with Crippen molar-refractivity contribution in [2.24, 2.45) is 0 Å². The maximum absolute atomic E-state index is 9.46. The van der Waals surface area contributed by atoms with Crippen LogP contribution in [0.2, 0.25) is 0 Å². The van der Waals surface area contributed by atoms with Crippen LogP contribution in [-0.2, 0) is 6.42 Å². The Labute approximate surface area is 94.6 Å². The molecule has 0 aliphatic carbocycles. The van der Waals surface area contributed by atoms with Crippen molar-refractivity contribution >= 4 is 11.0 Å². The van der Waals surface area contributed by atoms with Crippen LogP contribution >= 0.6 is 0 Å². The second-order valence-electron chi connectivity index (χ2n) is 4.03. The summed E-state index contributed by atoms with van der Waals surface area (Å²) in [5.41, 5.74) is 1.82. The number of aryl methyl sites for hydroxylation is 1. The second kappa shape index (κ2) is 4.18. The SMILES string of the molecule is COc1cccc2c(CC(C)O)c(C)oc12. The van der Waals surface area contributed by atoms with Gasteiger partial charge in [-0.1, -0.05) is 12.1 Å². The number of methoxy groups -OCH3 is 1. The summed E-state index contributed by atoms with van der Waals surface area (Å²) in [7, 11) is 1.63. The zero-order chi connectivity index (χ0) is 11.7. The number of hydrogen-bond donors (Lipinski definition) is 1. The van der Waals surface area contributed by atoms with Crippen molar-refractivity contribution in [1.29, 1.82) is 0 Å². The molecule has 0 bridgehead atoms. The summed E-state index contributed by atoms with van der Waals surface area (Å²) in [4.78, 5) is 0. The van der Waals surface area contributed by atoms with Crippen LogP contribution in [0.5, 0.6) is 5.75 Å². The van der Waals surface area contributed by atoms with Crippen LogP contribution in [0.1, 0.15) is 18.2 Å². The maximum atomic E-state index is 9.46. The highest BCUT2D eigenvalue weighted by Gasteiger charge is 2.15. The Morgan fingerprint density at radius 2 is 2.19 bits per heavy atom. The molecule has 0 saturated carbocycles. The van der Waals surface area contributed by atoms with Crippen molar-refractivity contribution in [3.63, 3.8) is 0 Å². The van der Waals surface area contributed by atoms with Crippen LogP contribution in [0, 0.1) is 6.92 Å². The third-order valence-corrected chi connectivity index (χ3v) is 2.70. The molecule has 2 aromatic rings. The van der Waals surface area contributed by atoms with E-state index >= 15 is 0 Å². The molecule has 0 saturated heterocycles. The molecule has 1 aromatic heterocycles. The first-order valence-electron chi connectivity index (χ1n) is 5.36. The fourth-order valence-corrected chi connectivity index (χ4v) is 1.97.